The molecule has 5 heteroatoms. The van der Waals surface area contributed by atoms with Crippen molar-refractivity contribution < 1.29 is 0 Å². The summed E-state index contributed by atoms with van der Waals surface area (Å²) < 4.78 is 1.58. The molecule has 0 bridgehead atoms. The van der Waals surface area contributed by atoms with Crippen molar-refractivity contribution in [2.75, 3.05) is 11.4 Å². The zero-order valence-electron chi connectivity index (χ0n) is 11.0. The molecule has 2 heterocycles. The predicted molar refractivity (Wildman–Crippen MR) is 74.4 cm³/mol. The minimum absolute atomic E-state index is 0.0216. The van der Waals surface area contributed by atoms with Crippen LogP contribution in [0.2, 0.25) is 0 Å². The van der Waals surface area contributed by atoms with Crippen molar-refractivity contribution in [2.45, 2.75) is 44.0 Å². The number of aryl methyl sites for hydroxylation is 1. The van der Waals surface area contributed by atoms with Crippen molar-refractivity contribution in [3.05, 3.63) is 22.7 Å². The first kappa shape index (κ1) is 13.4. The standard InChI is InChI=1S/C13H20ClN3O/c1-10(14)9-11-5-3-4-7-17(11)12-13(18)16(2)8-6-15-12/h6,8,10-11H,3-5,7,9H2,1-2H3. The lowest BCUT2D eigenvalue weighted by Gasteiger charge is -2.36. The van der Waals surface area contributed by atoms with Crippen LogP contribution >= 0.6 is 11.6 Å². The van der Waals surface area contributed by atoms with Gasteiger partial charge in [-0.1, -0.05) is 0 Å². The van der Waals surface area contributed by atoms with Crippen molar-refractivity contribution in [1.29, 1.82) is 0 Å². The third-order valence-electron chi connectivity index (χ3n) is 3.49. The molecule has 0 amide bonds. The SMILES string of the molecule is CC(Cl)CC1CCCCN1c1nccn(C)c1=O. The fourth-order valence-corrected chi connectivity index (χ4v) is 2.79. The Morgan fingerprint density at radius 2 is 2.33 bits per heavy atom. The summed E-state index contributed by atoms with van der Waals surface area (Å²) in [4.78, 5) is 18.5. The average Bonchev–Trinajstić information content (AvgIpc) is 2.33. The number of rotatable bonds is 3. The molecule has 1 fully saturated rings. The quantitative estimate of drug-likeness (QED) is 0.790. The Bertz CT molecular complexity index is 458. The van der Waals surface area contributed by atoms with Crippen LogP contribution in [-0.4, -0.2) is 27.5 Å². The minimum Gasteiger partial charge on any atom is -0.349 e. The van der Waals surface area contributed by atoms with Gasteiger partial charge in [-0.3, -0.25) is 4.79 Å². The summed E-state index contributed by atoms with van der Waals surface area (Å²) in [7, 11) is 1.76. The van der Waals surface area contributed by atoms with Crippen molar-refractivity contribution in [2.24, 2.45) is 7.05 Å². The zero-order valence-corrected chi connectivity index (χ0v) is 11.7. The van der Waals surface area contributed by atoms with E-state index in [9.17, 15) is 4.79 Å². The molecule has 1 aliphatic rings. The van der Waals surface area contributed by atoms with Gasteiger partial charge in [0.25, 0.3) is 5.56 Å². The van der Waals surface area contributed by atoms with E-state index >= 15 is 0 Å². The van der Waals surface area contributed by atoms with Crippen LogP contribution in [0.4, 0.5) is 5.82 Å². The Balaban J connectivity index is 2.28. The van der Waals surface area contributed by atoms with Crippen LogP contribution < -0.4 is 10.5 Å². The largest absolute Gasteiger partial charge is 0.349 e. The van der Waals surface area contributed by atoms with Crippen LogP contribution in [0.15, 0.2) is 17.2 Å². The molecule has 18 heavy (non-hydrogen) atoms. The predicted octanol–water partition coefficient (Wildman–Crippen LogP) is 2.16. The molecule has 1 aliphatic heterocycles. The fourth-order valence-electron chi connectivity index (χ4n) is 2.58. The van der Waals surface area contributed by atoms with E-state index in [0.717, 1.165) is 25.8 Å². The highest BCUT2D eigenvalue weighted by Gasteiger charge is 2.26. The van der Waals surface area contributed by atoms with E-state index in [1.807, 2.05) is 6.92 Å². The fraction of sp³-hybridized carbons (Fsp3) is 0.692. The molecule has 0 aromatic carbocycles. The first-order valence-corrected chi connectivity index (χ1v) is 6.95. The number of piperidine rings is 1. The third-order valence-corrected chi connectivity index (χ3v) is 3.67. The van der Waals surface area contributed by atoms with Gasteiger partial charge in [-0.25, -0.2) is 4.98 Å². The van der Waals surface area contributed by atoms with E-state index in [1.54, 1.807) is 24.0 Å². The summed E-state index contributed by atoms with van der Waals surface area (Å²) in [5.41, 5.74) is -0.0216. The van der Waals surface area contributed by atoms with E-state index in [4.69, 9.17) is 11.6 Å². The van der Waals surface area contributed by atoms with Crippen LogP contribution in [0.25, 0.3) is 0 Å². The van der Waals surface area contributed by atoms with Gasteiger partial charge in [0.2, 0.25) is 0 Å². The normalized spacial score (nSPS) is 21.9. The monoisotopic (exact) mass is 269 g/mol. The number of halogens is 1. The summed E-state index contributed by atoms with van der Waals surface area (Å²) in [6.45, 7) is 2.91. The summed E-state index contributed by atoms with van der Waals surface area (Å²) in [5, 5.41) is 0.128. The number of alkyl halides is 1. The molecule has 1 aromatic rings. The van der Waals surface area contributed by atoms with Gasteiger partial charge in [0.1, 0.15) is 0 Å². The van der Waals surface area contributed by atoms with Crippen LogP contribution in [0.3, 0.4) is 0 Å². The van der Waals surface area contributed by atoms with Crippen LogP contribution in [0.5, 0.6) is 0 Å². The zero-order chi connectivity index (χ0) is 13.1. The molecule has 2 unspecified atom stereocenters. The topological polar surface area (TPSA) is 38.1 Å². The Morgan fingerprint density at radius 1 is 1.56 bits per heavy atom. The van der Waals surface area contributed by atoms with E-state index in [1.165, 1.54) is 6.42 Å². The van der Waals surface area contributed by atoms with Gasteiger partial charge in [0, 0.05) is 37.4 Å². The highest BCUT2D eigenvalue weighted by atomic mass is 35.5. The number of aromatic nitrogens is 2. The van der Waals surface area contributed by atoms with E-state index < -0.39 is 0 Å². The number of anilines is 1. The summed E-state index contributed by atoms with van der Waals surface area (Å²) in [5.74, 6) is 0.571. The Labute approximate surface area is 113 Å². The molecular formula is C13H20ClN3O. The van der Waals surface area contributed by atoms with Gasteiger partial charge in [0.05, 0.1) is 0 Å². The molecule has 2 rings (SSSR count). The number of nitrogens with zero attached hydrogens (tertiary/aromatic N) is 3. The van der Waals surface area contributed by atoms with Gasteiger partial charge in [-0.2, -0.15) is 0 Å². The molecule has 1 aromatic heterocycles. The second-order valence-electron chi connectivity index (χ2n) is 5.03. The van der Waals surface area contributed by atoms with Gasteiger partial charge < -0.3 is 9.47 Å². The molecule has 2 atom stereocenters. The van der Waals surface area contributed by atoms with Crippen LogP contribution in [0, 0.1) is 0 Å². The average molecular weight is 270 g/mol. The third kappa shape index (κ3) is 2.86. The van der Waals surface area contributed by atoms with E-state index in [-0.39, 0.29) is 10.9 Å². The molecular weight excluding hydrogens is 250 g/mol. The Kier molecular flexibility index (Phi) is 4.27. The Hall–Kier alpha value is -1.03. The lowest BCUT2D eigenvalue weighted by Crippen LogP contribution is -2.44. The molecule has 1 saturated heterocycles. The van der Waals surface area contributed by atoms with Gasteiger partial charge in [-0.05, 0) is 32.6 Å². The first-order chi connectivity index (χ1) is 8.59. The maximum Gasteiger partial charge on any atom is 0.293 e. The van der Waals surface area contributed by atoms with Gasteiger partial charge >= 0.3 is 0 Å². The van der Waals surface area contributed by atoms with Crippen LogP contribution in [0.1, 0.15) is 32.6 Å². The summed E-state index contributed by atoms with van der Waals surface area (Å²) in [6, 6.07) is 0.342. The molecule has 0 saturated carbocycles. The smallest absolute Gasteiger partial charge is 0.293 e. The summed E-state index contributed by atoms with van der Waals surface area (Å²) in [6.07, 6.45) is 7.70. The van der Waals surface area contributed by atoms with Crippen molar-refractivity contribution in [3.63, 3.8) is 0 Å². The second-order valence-corrected chi connectivity index (χ2v) is 5.77. The second kappa shape index (κ2) is 5.74. The minimum atomic E-state index is -0.0216. The van der Waals surface area contributed by atoms with E-state index in [0.29, 0.717) is 11.9 Å². The Morgan fingerprint density at radius 3 is 3.06 bits per heavy atom. The highest BCUT2D eigenvalue weighted by Crippen LogP contribution is 2.24. The van der Waals surface area contributed by atoms with Crippen molar-refractivity contribution in [1.82, 2.24) is 9.55 Å². The van der Waals surface area contributed by atoms with E-state index in [2.05, 4.69) is 9.88 Å². The maximum atomic E-state index is 12.1. The molecule has 0 aliphatic carbocycles. The molecule has 4 nitrogen and oxygen atoms in total. The van der Waals surface area contributed by atoms with Gasteiger partial charge in [-0.15, -0.1) is 11.6 Å². The van der Waals surface area contributed by atoms with Crippen LogP contribution in [-0.2, 0) is 7.05 Å². The summed E-state index contributed by atoms with van der Waals surface area (Å²) >= 11 is 6.10. The molecule has 0 N–H and O–H groups in total. The van der Waals surface area contributed by atoms with Crippen molar-refractivity contribution >= 4 is 17.4 Å². The number of hydrogen-bond donors (Lipinski definition) is 0. The number of hydrogen-bond acceptors (Lipinski definition) is 3. The molecule has 0 spiro atoms. The molecule has 0 radical (unpaired) electrons. The first-order valence-electron chi connectivity index (χ1n) is 6.52. The molecule has 100 valence electrons. The maximum absolute atomic E-state index is 12.1. The lowest BCUT2D eigenvalue weighted by molar-refractivity contribution is 0.431. The lowest BCUT2D eigenvalue weighted by atomic mass is 9.98. The highest BCUT2D eigenvalue weighted by molar-refractivity contribution is 6.20. The van der Waals surface area contributed by atoms with Crippen molar-refractivity contribution in [3.8, 4) is 0 Å². The van der Waals surface area contributed by atoms with Gasteiger partial charge in [0.15, 0.2) is 5.82 Å².